The molecule has 0 aliphatic carbocycles. The van der Waals surface area contributed by atoms with E-state index >= 15 is 0 Å². The van der Waals surface area contributed by atoms with E-state index in [9.17, 15) is 9.18 Å². The van der Waals surface area contributed by atoms with E-state index in [0.717, 1.165) is 12.3 Å². The number of nitrogens with zero attached hydrogens (tertiary/aromatic N) is 2. The van der Waals surface area contributed by atoms with Gasteiger partial charge in [0.25, 0.3) is 0 Å². The van der Waals surface area contributed by atoms with Crippen molar-refractivity contribution < 1.29 is 23.1 Å². The van der Waals surface area contributed by atoms with Crippen LogP contribution in [-0.4, -0.2) is 17.6 Å². The Morgan fingerprint density at radius 3 is 3.00 bits per heavy atom. The highest BCUT2D eigenvalue weighted by Crippen LogP contribution is 2.23. The van der Waals surface area contributed by atoms with E-state index < -0.39 is 11.8 Å². The van der Waals surface area contributed by atoms with Gasteiger partial charge in [0, 0.05) is 6.07 Å². The number of ether oxygens (including phenoxy) is 2. The Hall–Kier alpha value is -2.88. The number of nitriles is 1. The lowest BCUT2D eigenvalue weighted by molar-refractivity contribution is 0.0519. The Bertz CT molecular complexity index is 675. The second-order valence-electron chi connectivity index (χ2n) is 3.57. The number of oxazole rings is 1. The minimum absolute atomic E-state index is 0.0454. The summed E-state index contributed by atoms with van der Waals surface area (Å²) in [6, 6.07) is 5.36. The molecule has 1 heterocycles. The molecule has 0 N–H and O–H groups in total. The lowest BCUT2D eigenvalue weighted by Crippen LogP contribution is -2.04. The van der Waals surface area contributed by atoms with Crippen LogP contribution in [0.15, 0.2) is 28.9 Å². The summed E-state index contributed by atoms with van der Waals surface area (Å²) in [5.74, 6) is -1.27. The number of hydrogen-bond acceptors (Lipinski definition) is 6. The Morgan fingerprint density at radius 2 is 2.35 bits per heavy atom. The van der Waals surface area contributed by atoms with Gasteiger partial charge in [0.2, 0.25) is 0 Å². The summed E-state index contributed by atoms with van der Waals surface area (Å²) < 4.78 is 28.1. The fraction of sp³-hybridized carbons (Fsp3) is 0.154. The molecule has 0 aliphatic heterocycles. The van der Waals surface area contributed by atoms with Crippen LogP contribution in [0.2, 0.25) is 0 Å². The average molecular weight is 276 g/mol. The molecule has 102 valence electrons. The molecule has 6 nitrogen and oxygen atoms in total. The quantitative estimate of drug-likeness (QED) is 0.798. The Morgan fingerprint density at radius 1 is 1.55 bits per heavy atom. The van der Waals surface area contributed by atoms with Crippen molar-refractivity contribution in [2.45, 2.75) is 6.92 Å². The maximum Gasteiger partial charge on any atom is 0.399 e. The van der Waals surface area contributed by atoms with Crippen LogP contribution in [-0.2, 0) is 4.74 Å². The summed E-state index contributed by atoms with van der Waals surface area (Å²) in [5.41, 5.74) is -0.145. The molecule has 0 unspecified atom stereocenters. The molecule has 0 fully saturated rings. The van der Waals surface area contributed by atoms with Gasteiger partial charge in [-0.2, -0.15) is 10.2 Å². The van der Waals surface area contributed by atoms with Crippen molar-refractivity contribution in [2.24, 2.45) is 0 Å². The van der Waals surface area contributed by atoms with Crippen molar-refractivity contribution >= 4 is 5.97 Å². The van der Waals surface area contributed by atoms with Gasteiger partial charge in [-0.25, -0.2) is 9.18 Å². The molecule has 0 radical (unpaired) electrons. The van der Waals surface area contributed by atoms with E-state index in [1.54, 1.807) is 13.0 Å². The van der Waals surface area contributed by atoms with Gasteiger partial charge < -0.3 is 13.9 Å². The Balaban J connectivity index is 2.13. The lowest BCUT2D eigenvalue weighted by Gasteiger charge is -2.01. The summed E-state index contributed by atoms with van der Waals surface area (Å²) in [7, 11) is 0. The van der Waals surface area contributed by atoms with E-state index in [1.807, 2.05) is 0 Å². The first-order valence-corrected chi connectivity index (χ1v) is 5.64. The first kappa shape index (κ1) is 13.5. The third kappa shape index (κ3) is 2.92. The van der Waals surface area contributed by atoms with Crippen LogP contribution >= 0.6 is 0 Å². The van der Waals surface area contributed by atoms with Crippen molar-refractivity contribution in [1.29, 1.82) is 5.26 Å². The van der Waals surface area contributed by atoms with E-state index in [1.165, 1.54) is 12.1 Å². The normalized spacial score (nSPS) is 9.85. The highest BCUT2D eigenvalue weighted by atomic mass is 19.1. The maximum absolute atomic E-state index is 13.4. The number of carbonyl (C=O) groups is 1. The summed E-state index contributed by atoms with van der Waals surface area (Å²) in [6.07, 6.45) is 0.852. The van der Waals surface area contributed by atoms with Crippen LogP contribution in [0.4, 0.5) is 4.39 Å². The van der Waals surface area contributed by atoms with Crippen LogP contribution in [0.25, 0.3) is 0 Å². The third-order valence-corrected chi connectivity index (χ3v) is 2.23. The van der Waals surface area contributed by atoms with Gasteiger partial charge >= 0.3 is 12.0 Å². The molecular weight excluding hydrogens is 267 g/mol. The monoisotopic (exact) mass is 276 g/mol. The zero-order chi connectivity index (χ0) is 14.5. The van der Waals surface area contributed by atoms with Crippen molar-refractivity contribution in [3.05, 3.63) is 41.5 Å². The van der Waals surface area contributed by atoms with Crippen LogP contribution in [0.3, 0.4) is 0 Å². The highest BCUT2D eigenvalue weighted by molar-refractivity contribution is 5.86. The Labute approximate surface area is 113 Å². The topological polar surface area (TPSA) is 85.4 Å². The smallest absolute Gasteiger partial charge is 0.399 e. The van der Waals surface area contributed by atoms with E-state index in [0.29, 0.717) is 0 Å². The number of hydrogen-bond donors (Lipinski definition) is 0. The molecule has 1 aromatic heterocycles. The molecule has 0 bridgehead atoms. The highest BCUT2D eigenvalue weighted by Gasteiger charge is 2.15. The molecule has 2 rings (SSSR count). The zero-order valence-corrected chi connectivity index (χ0v) is 10.4. The predicted molar refractivity (Wildman–Crippen MR) is 63.6 cm³/mol. The van der Waals surface area contributed by atoms with Gasteiger partial charge in [0.15, 0.2) is 5.69 Å². The molecule has 7 heteroatoms. The molecule has 20 heavy (non-hydrogen) atoms. The number of rotatable bonds is 4. The number of esters is 1. The second-order valence-corrected chi connectivity index (χ2v) is 3.57. The van der Waals surface area contributed by atoms with Gasteiger partial charge in [-0.15, -0.1) is 0 Å². The molecule has 0 spiro atoms. The second kappa shape index (κ2) is 5.84. The van der Waals surface area contributed by atoms with Crippen LogP contribution < -0.4 is 4.74 Å². The molecular formula is C13H9FN2O4. The van der Waals surface area contributed by atoms with Crippen LogP contribution in [0, 0.1) is 17.1 Å². The average Bonchev–Trinajstić information content (AvgIpc) is 2.88. The predicted octanol–water partition coefficient (Wildman–Crippen LogP) is 2.65. The molecule has 1 aromatic carbocycles. The fourth-order valence-electron chi connectivity index (χ4n) is 1.35. The van der Waals surface area contributed by atoms with Crippen molar-refractivity contribution in [3.8, 4) is 17.9 Å². The Kier molecular flexibility index (Phi) is 3.96. The first-order chi connectivity index (χ1) is 9.63. The first-order valence-electron chi connectivity index (χ1n) is 5.64. The summed E-state index contributed by atoms with van der Waals surface area (Å²) in [6.45, 7) is 1.87. The molecule has 0 atom stereocenters. The van der Waals surface area contributed by atoms with Gasteiger partial charge in [0.1, 0.15) is 23.9 Å². The largest absolute Gasteiger partial charge is 0.461 e. The number of benzene rings is 1. The van der Waals surface area contributed by atoms with Gasteiger partial charge in [0.05, 0.1) is 12.2 Å². The van der Waals surface area contributed by atoms with Crippen molar-refractivity contribution in [1.82, 2.24) is 4.98 Å². The number of carbonyl (C=O) groups excluding carboxylic acids is 1. The van der Waals surface area contributed by atoms with Crippen LogP contribution in [0.5, 0.6) is 11.8 Å². The SMILES string of the molecule is CCOC(=O)c1coc(Oc2ccc(C#N)c(F)c2)n1. The zero-order valence-electron chi connectivity index (χ0n) is 10.4. The number of aromatic nitrogens is 1. The summed E-state index contributed by atoms with van der Waals surface area (Å²) in [4.78, 5) is 15.1. The molecule has 2 aromatic rings. The van der Waals surface area contributed by atoms with Gasteiger partial charge in [-0.1, -0.05) is 0 Å². The van der Waals surface area contributed by atoms with Crippen LogP contribution in [0.1, 0.15) is 23.0 Å². The minimum Gasteiger partial charge on any atom is -0.461 e. The standard InChI is InChI=1S/C13H9FN2O4/c1-2-18-12(17)11-7-19-13(16-11)20-9-4-3-8(6-15)10(14)5-9/h3-5,7H,2H2,1H3. The van der Waals surface area contributed by atoms with Gasteiger partial charge in [-0.3, -0.25) is 0 Å². The van der Waals surface area contributed by atoms with Crippen molar-refractivity contribution in [3.63, 3.8) is 0 Å². The molecule has 0 amide bonds. The molecule has 0 saturated heterocycles. The fourth-order valence-corrected chi connectivity index (χ4v) is 1.35. The minimum atomic E-state index is -0.720. The summed E-state index contributed by atoms with van der Waals surface area (Å²) in [5, 5.41) is 8.60. The van der Waals surface area contributed by atoms with E-state index in [2.05, 4.69) is 4.98 Å². The van der Waals surface area contributed by atoms with E-state index in [4.69, 9.17) is 19.2 Å². The lowest BCUT2D eigenvalue weighted by atomic mass is 10.2. The summed E-state index contributed by atoms with van der Waals surface area (Å²) >= 11 is 0. The van der Waals surface area contributed by atoms with Gasteiger partial charge in [-0.05, 0) is 19.1 Å². The molecule has 0 aliphatic rings. The number of halogens is 1. The van der Waals surface area contributed by atoms with Crippen molar-refractivity contribution in [2.75, 3.05) is 6.61 Å². The molecule has 0 saturated carbocycles. The maximum atomic E-state index is 13.4. The van der Waals surface area contributed by atoms with E-state index in [-0.39, 0.29) is 29.7 Å². The third-order valence-electron chi connectivity index (χ3n) is 2.23.